The number of hydrogen-bond donors (Lipinski definition) is 0. The summed E-state index contributed by atoms with van der Waals surface area (Å²) in [5.74, 6) is 1.91. The van der Waals surface area contributed by atoms with Crippen LogP contribution in [-0.4, -0.2) is 13.2 Å². The molecule has 0 heterocycles. The molecule has 32 heavy (non-hydrogen) atoms. The molecule has 2 nitrogen and oxygen atoms in total. The van der Waals surface area contributed by atoms with Crippen molar-refractivity contribution < 1.29 is 9.47 Å². The average molecular weight is 439 g/mol. The van der Waals surface area contributed by atoms with Gasteiger partial charge in [0.1, 0.15) is 11.5 Å². The lowest BCUT2D eigenvalue weighted by Gasteiger charge is -2.09. The molecular weight excluding hydrogens is 392 g/mol. The van der Waals surface area contributed by atoms with Crippen molar-refractivity contribution in [3.63, 3.8) is 0 Å². The number of rotatable bonds is 20. The van der Waals surface area contributed by atoms with Crippen molar-refractivity contribution in [2.45, 2.75) is 103 Å². The summed E-state index contributed by atoms with van der Waals surface area (Å²) in [5.41, 5.74) is 1.39. The molecule has 178 valence electrons. The fourth-order valence-electron chi connectivity index (χ4n) is 4.09. The molecule has 2 aromatic rings. The Labute approximate surface area is 197 Å². The third kappa shape index (κ3) is 13.5. The number of para-hydroxylation sites is 1. The van der Waals surface area contributed by atoms with E-state index in [-0.39, 0.29) is 0 Å². The Morgan fingerprint density at radius 2 is 1.03 bits per heavy atom. The molecule has 0 saturated heterocycles. The molecule has 0 radical (unpaired) electrons. The van der Waals surface area contributed by atoms with E-state index in [1.165, 1.54) is 89.0 Å². The Hall–Kier alpha value is -1.96. The molecular formula is C30H46O2. The molecule has 2 heteroatoms. The van der Waals surface area contributed by atoms with Gasteiger partial charge in [-0.25, -0.2) is 0 Å². The van der Waals surface area contributed by atoms with Gasteiger partial charge >= 0.3 is 0 Å². The van der Waals surface area contributed by atoms with Crippen LogP contribution in [0.25, 0.3) is 0 Å². The summed E-state index contributed by atoms with van der Waals surface area (Å²) in [6, 6.07) is 18.6. The Morgan fingerprint density at radius 1 is 0.500 bits per heavy atom. The van der Waals surface area contributed by atoms with Gasteiger partial charge in [-0.3, -0.25) is 0 Å². The predicted octanol–water partition coefficient (Wildman–Crippen LogP) is 9.17. The van der Waals surface area contributed by atoms with E-state index >= 15 is 0 Å². The second kappa shape index (κ2) is 18.6. The van der Waals surface area contributed by atoms with Gasteiger partial charge in [-0.1, -0.05) is 114 Å². The van der Waals surface area contributed by atoms with Gasteiger partial charge in [-0.15, -0.1) is 0 Å². The van der Waals surface area contributed by atoms with Gasteiger partial charge < -0.3 is 9.47 Å². The first kappa shape index (κ1) is 26.3. The summed E-state index contributed by atoms with van der Waals surface area (Å²) in [4.78, 5) is 0. The maximum atomic E-state index is 5.92. The molecule has 0 aromatic heterocycles. The van der Waals surface area contributed by atoms with Crippen LogP contribution < -0.4 is 9.47 Å². The molecule has 0 fully saturated rings. The van der Waals surface area contributed by atoms with Gasteiger partial charge in [0.2, 0.25) is 0 Å². The molecule has 0 atom stereocenters. The minimum atomic E-state index is 0.683. The Bertz CT molecular complexity index is 668. The van der Waals surface area contributed by atoms with E-state index in [0.717, 1.165) is 24.3 Å². The van der Waals surface area contributed by atoms with E-state index < -0.39 is 0 Å². The van der Waals surface area contributed by atoms with Crippen molar-refractivity contribution in [3.8, 4) is 11.5 Å². The van der Waals surface area contributed by atoms with Gasteiger partial charge in [-0.05, 0) is 42.7 Å². The van der Waals surface area contributed by atoms with Gasteiger partial charge in [-0.2, -0.15) is 0 Å². The summed E-state index contributed by atoms with van der Waals surface area (Å²) < 4.78 is 11.6. The highest BCUT2D eigenvalue weighted by atomic mass is 16.5. The van der Waals surface area contributed by atoms with Crippen molar-refractivity contribution in [3.05, 3.63) is 60.2 Å². The van der Waals surface area contributed by atoms with E-state index in [2.05, 4.69) is 31.2 Å². The number of aryl methyl sites for hydroxylation is 1. The lowest BCUT2D eigenvalue weighted by atomic mass is 10.0. The zero-order valence-electron chi connectivity index (χ0n) is 20.5. The highest BCUT2D eigenvalue weighted by Crippen LogP contribution is 2.17. The smallest absolute Gasteiger partial charge is 0.119 e. The van der Waals surface area contributed by atoms with Gasteiger partial charge in [0.25, 0.3) is 0 Å². The number of unbranched alkanes of at least 4 members (excludes halogenated alkanes) is 12. The molecule has 2 rings (SSSR count). The first-order valence-electron chi connectivity index (χ1n) is 13.3. The summed E-state index contributed by atoms with van der Waals surface area (Å²) in [7, 11) is 0. The standard InChI is InChI=1S/C30H46O2/c1-2-3-4-5-6-7-8-9-10-11-12-13-15-20-28-21-18-24-30(27-28)32-26-19-25-31-29-22-16-14-17-23-29/h14,16-18,21-24,27H,2-13,15,19-20,25-26H2,1H3. The predicted molar refractivity (Wildman–Crippen MR) is 138 cm³/mol. The largest absolute Gasteiger partial charge is 0.493 e. The van der Waals surface area contributed by atoms with Crippen LogP contribution >= 0.6 is 0 Å². The SMILES string of the molecule is CCCCCCCCCCCCCCCc1cccc(OCCCOc2ccccc2)c1. The molecule has 0 aliphatic carbocycles. The highest BCUT2D eigenvalue weighted by Gasteiger charge is 1.99. The van der Waals surface area contributed by atoms with Crippen LogP contribution in [0, 0.1) is 0 Å². The molecule has 2 aromatic carbocycles. The van der Waals surface area contributed by atoms with Crippen molar-refractivity contribution in [1.29, 1.82) is 0 Å². The summed E-state index contributed by atoms with van der Waals surface area (Å²) in [6.45, 7) is 3.66. The molecule has 0 aliphatic heterocycles. The Morgan fingerprint density at radius 3 is 1.66 bits per heavy atom. The molecule has 0 N–H and O–H groups in total. The molecule has 0 aliphatic rings. The van der Waals surface area contributed by atoms with Crippen LogP contribution in [-0.2, 0) is 6.42 Å². The molecule has 0 spiro atoms. The monoisotopic (exact) mass is 438 g/mol. The first-order chi connectivity index (χ1) is 15.9. The maximum absolute atomic E-state index is 5.92. The lowest BCUT2D eigenvalue weighted by molar-refractivity contribution is 0.247. The average Bonchev–Trinajstić information content (AvgIpc) is 2.83. The van der Waals surface area contributed by atoms with Crippen LogP contribution in [0.4, 0.5) is 0 Å². The normalized spacial score (nSPS) is 10.9. The third-order valence-corrected chi connectivity index (χ3v) is 6.04. The topological polar surface area (TPSA) is 18.5 Å². The second-order valence-electron chi connectivity index (χ2n) is 9.00. The molecule has 0 unspecified atom stereocenters. The van der Waals surface area contributed by atoms with E-state index in [1.54, 1.807) is 0 Å². The van der Waals surface area contributed by atoms with Gasteiger partial charge in [0.05, 0.1) is 13.2 Å². The van der Waals surface area contributed by atoms with Gasteiger partial charge in [0.15, 0.2) is 0 Å². The minimum Gasteiger partial charge on any atom is -0.493 e. The zero-order valence-corrected chi connectivity index (χ0v) is 20.5. The Balaban J connectivity index is 1.42. The number of ether oxygens (including phenoxy) is 2. The summed E-state index contributed by atoms with van der Waals surface area (Å²) in [5, 5.41) is 0. The van der Waals surface area contributed by atoms with Crippen LogP contribution in [0.5, 0.6) is 11.5 Å². The lowest BCUT2D eigenvalue weighted by Crippen LogP contribution is -2.05. The number of benzene rings is 2. The van der Waals surface area contributed by atoms with E-state index in [0.29, 0.717) is 13.2 Å². The first-order valence-corrected chi connectivity index (χ1v) is 13.3. The third-order valence-electron chi connectivity index (χ3n) is 6.04. The minimum absolute atomic E-state index is 0.683. The van der Waals surface area contributed by atoms with Crippen molar-refractivity contribution in [2.75, 3.05) is 13.2 Å². The van der Waals surface area contributed by atoms with Crippen molar-refractivity contribution >= 4 is 0 Å². The molecule has 0 amide bonds. The quantitative estimate of drug-likeness (QED) is 0.192. The summed E-state index contributed by atoms with van der Waals surface area (Å²) in [6.07, 6.45) is 20.3. The second-order valence-corrected chi connectivity index (χ2v) is 9.00. The van der Waals surface area contributed by atoms with Crippen LogP contribution in [0.15, 0.2) is 54.6 Å². The molecule has 0 bridgehead atoms. The Kier molecular flexibility index (Phi) is 15.3. The number of hydrogen-bond acceptors (Lipinski definition) is 2. The molecule has 0 saturated carbocycles. The van der Waals surface area contributed by atoms with E-state index in [9.17, 15) is 0 Å². The highest BCUT2D eigenvalue weighted by molar-refractivity contribution is 5.28. The van der Waals surface area contributed by atoms with Crippen molar-refractivity contribution in [2.24, 2.45) is 0 Å². The summed E-state index contributed by atoms with van der Waals surface area (Å²) >= 11 is 0. The maximum Gasteiger partial charge on any atom is 0.119 e. The zero-order chi connectivity index (χ0) is 22.5. The van der Waals surface area contributed by atoms with Gasteiger partial charge in [0, 0.05) is 6.42 Å². The van der Waals surface area contributed by atoms with E-state index in [4.69, 9.17) is 9.47 Å². The fourth-order valence-corrected chi connectivity index (χ4v) is 4.09. The van der Waals surface area contributed by atoms with Crippen molar-refractivity contribution in [1.82, 2.24) is 0 Å². The van der Waals surface area contributed by atoms with Crippen LogP contribution in [0.3, 0.4) is 0 Å². The fraction of sp³-hybridized carbons (Fsp3) is 0.600. The van der Waals surface area contributed by atoms with Crippen LogP contribution in [0.1, 0.15) is 102 Å². The van der Waals surface area contributed by atoms with Crippen LogP contribution in [0.2, 0.25) is 0 Å². The van der Waals surface area contributed by atoms with E-state index in [1.807, 2.05) is 30.3 Å².